The van der Waals surface area contributed by atoms with Gasteiger partial charge in [0.2, 0.25) is 5.91 Å². The van der Waals surface area contributed by atoms with Crippen molar-refractivity contribution in [3.05, 3.63) is 35.7 Å². The Morgan fingerprint density at radius 2 is 2.11 bits per heavy atom. The maximum absolute atomic E-state index is 13.0. The van der Waals surface area contributed by atoms with Gasteiger partial charge in [-0.25, -0.2) is 4.98 Å². The summed E-state index contributed by atoms with van der Waals surface area (Å²) < 4.78 is 39.0. The van der Waals surface area contributed by atoms with Crippen molar-refractivity contribution < 1.29 is 18.0 Å². The average molecular weight is 399 g/mol. The van der Waals surface area contributed by atoms with Crippen LogP contribution in [0.2, 0.25) is 5.02 Å². The van der Waals surface area contributed by atoms with Crippen LogP contribution in [0.3, 0.4) is 0 Å². The van der Waals surface area contributed by atoms with E-state index in [-0.39, 0.29) is 5.69 Å². The zero-order chi connectivity index (χ0) is 19.8. The lowest BCUT2D eigenvalue weighted by Gasteiger charge is -2.29. The fourth-order valence-corrected chi connectivity index (χ4v) is 2.79. The number of hydrogen-bond donors (Lipinski definition) is 2. The number of nitrogens with one attached hydrogen (secondary N) is 1. The second-order valence-electron chi connectivity index (χ2n) is 5.87. The number of carbonyl (C=O) groups excluding carboxylic acids is 1. The van der Waals surface area contributed by atoms with Gasteiger partial charge in [0.1, 0.15) is 18.2 Å². The molecule has 0 saturated carbocycles. The zero-order valence-corrected chi connectivity index (χ0v) is 14.7. The highest BCUT2D eigenvalue weighted by molar-refractivity contribution is 6.31. The van der Waals surface area contributed by atoms with Gasteiger partial charge in [-0.1, -0.05) is 11.6 Å². The minimum Gasteiger partial charge on any atom is -0.368 e. The predicted molar refractivity (Wildman–Crippen MR) is 94.2 cm³/mol. The summed E-state index contributed by atoms with van der Waals surface area (Å²) in [5.41, 5.74) is 6.67. The number of nitrogens with two attached hydrogens (primary N) is 1. The highest BCUT2D eigenvalue weighted by atomic mass is 35.5. The summed E-state index contributed by atoms with van der Waals surface area (Å²) in [7, 11) is 0. The van der Waals surface area contributed by atoms with Crippen LogP contribution in [0.15, 0.2) is 30.7 Å². The molecule has 3 aromatic heterocycles. The van der Waals surface area contributed by atoms with Gasteiger partial charge in [-0.05, 0) is 19.1 Å². The molecular weight excluding hydrogens is 385 g/mol. The molecule has 3 heterocycles. The number of fused-ring (bicyclic) bond motifs is 1. The molecule has 11 heteroatoms. The molecule has 3 aromatic rings. The van der Waals surface area contributed by atoms with Crippen LogP contribution in [0.25, 0.3) is 22.3 Å². The molecule has 0 saturated heterocycles. The van der Waals surface area contributed by atoms with Gasteiger partial charge in [0.05, 0.1) is 22.6 Å². The van der Waals surface area contributed by atoms with E-state index >= 15 is 0 Å². The molecule has 3 rings (SSSR count). The number of anilines is 1. The quantitative estimate of drug-likeness (QED) is 0.688. The molecular formula is C16H14ClF3N6O. The molecule has 1 atom stereocenters. The Morgan fingerprint density at radius 3 is 2.78 bits per heavy atom. The van der Waals surface area contributed by atoms with Gasteiger partial charge >= 0.3 is 6.18 Å². The average Bonchev–Trinajstić information content (AvgIpc) is 3.01. The van der Waals surface area contributed by atoms with Gasteiger partial charge in [-0.15, -0.1) is 0 Å². The smallest absolute Gasteiger partial charge is 0.368 e. The van der Waals surface area contributed by atoms with Crippen molar-refractivity contribution >= 4 is 34.2 Å². The molecule has 0 aliphatic rings. The molecule has 1 amide bonds. The topological polar surface area (TPSA) is 101 Å². The highest BCUT2D eigenvalue weighted by Gasteiger charge is 2.34. The van der Waals surface area contributed by atoms with Crippen molar-refractivity contribution in [3.63, 3.8) is 0 Å². The van der Waals surface area contributed by atoms with E-state index in [1.54, 1.807) is 12.3 Å². The maximum atomic E-state index is 13.0. The van der Waals surface area contributed by atoms with E-state index in [1.807, 2.05) is 0 Å². The Hall–Kier alpha value is -2.88. The summed E-state index contributed by atoms with van der Waals surface area (Å²) >= 11 is 5.97. The maximum Gasteiger partial charge on any atom is 0.405 e. The van der Waals surface area contributed by atoms with Crippen LogP contribution >= 0.6 is 11.6 Å². The first-order valence-electron chi connectivity index (χ1n) is 7.74. The standard InChI is InChI=1S/C16H14ClF3N6O/c1-8(14(21)27)26(7-16(18,19)20)10-3-13(25-24-5-10)12-6-23-15-11(12)2-9(17)4-22-15/h2-6,8H,7H2,1H3,(H2,21,27)(H,22,23)/t8-/m1/s1. The van der Waals surface area contributed by atoms with Crippen LogP contribution in [0.1, 0.15) is 6.92 Å². The van der Waals surface area contributed by atoms with E-state index in [4.69, 9.17) is 17.3 Å². The van der Waals surface area contributed by atoms with Gasteiger partial charge in [0.25, 0.3) is 0 Å². The van der Waals surface area contributed by atoms with Crippen LogP contribution in [0.4, 0.5) is 18.9 Å². The van der Waals surface area contributed by atoms with Crippen LogP contribution in [-0.4, -0.2) is 44.8 Å². The number of amides is 1. The number of H-pyrrole nitrogens is 1. The van der Waals surface area contributed by atoms with Gasteiger partial charge < -0.3 is 15.6 Å². The molecule has 0 aliphatic heterocycles. The minimum absolute atomic E-state index is 0.0629. The van der Waals surface area contributed by atoms with Gasteiger partial charge in [-0.2, -0.15) is 23.4 Å². The second kappa shape index (κ2) is 7.03. The number of primary amides is 1. The third-order valence-corrected chi connectivity index (χ3v) is 4.18. The van der Waals surface area contributed by atoms with Gasteiger partial charge in [-0.3, -0.25) is 4.79 Å². The molecule has 0 unspecified atom stereocenters. The summed E-state index contributed by atoms with van der Waals surface area (Å²) in [6.45, 7) is -0.0624. The van der Waals surface area contributed by atoms with Crippen LogP contribution in [0, 0.1) is 0 Å². The summed E-state index contributed by atoms with van der Waals surface area (Å²) in [5, 5.41) is 8.80. The molecule has 0 aliphatic carbocycles. The van der Waals surface area contributed by atoms with Gasteiger partial charge in [0, 0.05) is 23.3 Å². The van der Waals surface area contributed by atoms with Crippen molar-refractivity contribution in [3.8, 4) is 11.3 Å². The van der Waals surface area contributed by atoms with E-state index in [0.717, 1.165) is 11.1 Å². The fraction of sp³-hybridized carbons (Fsp3) is 0.250. The number of halogens is 4. The Labute approximate surface area is 156 Å². The van der Waals surface area contributed by atoms with E-state index in [9.17, 15) is 18.0 Å². The Morgan fingerprint density at radius 1 is 1.37 bits per heavy atom. The summed E-state index contributed by atoms with van der Waals surface area (Å²) in [6, 6.07) is 1.87. The molecule has 0 radical (unpaired) electrons. The van der Waals surface area contributed by atoms with Crippen molar-refractivity contribution in [1.29, 1.82) is 0 Å². The zero-order valence-electron chi connectivity index (χ0n) is 14.0. The number of hydrogen-bond acceptors (Lipinski definition) is 5. The lowest BCUT2D eigenvalue weighted by Crippen LogP contribution is -2.47. The Bertz CT molecular complexity index is 990. The molecule has 0 aromatic carbocycles. The van der Waals surface area contributed by atoms with Crippen LogP contribution in [0.5, 0.6) is 0 Å². The first kappa shape index (κ1) is 18.9. The molecule has 0 fully saturated rings. The second-order valence-corrected chi connectivity index (χ2v) is 6.31. The molecule has 3 N–H and O–H groups in total. The van der Waals surface area contributed by atoms with E-state index in [2.05, 4.69) is 20.2 Å². The Kier molecular flexibility index (Phi) is 4.92. The van der Waals surface area contributed by atoms with E-state index in [1.165, 1.54) is 19.2 Å². The van der Waals surface area contributed by atoms with Crippen molar-refractivity contribution in [2.24, 2.45) is 5.73 Å². The lowest BCUT2D eigenvalue weighted by atomic mass is 10.1. The number of pyridine rings is 1. The molecule has 0 bridgehead atoms. The van der Waals surface area contributed by atoms with Crippen molar-refractivity contribution in [2.45, 2.75) is 19.1 Å². The monoisotopic (exact) mass is 398 g/mol. The van der Waals surface area contributed by atoms with Gasteiger partial charge in [0.15, 0.2) is 0 Å². The molecule has 142 valence electrons. The Balaban J connectivity index is 2.06. The number of rotatable bonds is 5. The number of alkyl halides is 3. The summed E-state index contributed by atoms with van der Waals surface area (Å²) in [5.74, 6) is -0.888. The number of carbonyl (C=O) groups is 1. The largest absolute Gasteiger partial charge is 0.405 e. The summed E-state index contributed by atoms with van der Waals surface area (Å²) in [4.78, 5) is 19.4. The van der Waals surface area contributed by atoms with Crippen LogP contribution < -0.4 is 10.6 Å². The third-order valence-electron chi connectivity index (χ3n) is 3.97. The molecule has 7 nitrogen and oxygen atoms in total. The SMILES string of the molecule is C[C@H](C(N)=O)N(CC(F)(F)F)c1cnnc(-c2c[nH]c3ncc(Cl)cc23)c1. The molecule has 0 spiro atoms. The fourth-order valence-electron chi connectivity index (χ4n) is 2.63. The van der Waals surface area contributed by atoms with Crippen molar-refractivity contribution in [1.82, 2.24) is 20.2 Å². The van der Waals surface area contributed by atoms with Crippen LogP contribution in [-0.2, 0) is 4.79 Å². The number of nitrogens with zero attached hydrogens (tertiary/aromatic N) is 4. The first-order valence-corrected chi connectivity index (χ1v) is 8.12. The number of aromatic amines is 1. The first-order chi connectivity index (χ1) is 12.7. The number of aromatic nitrogens is 4. The summed E-state index contributed by atoms with van der Waals surface area (Å²) in [6.07, 6.45) is -0.320. The normalized spacial score (nSPS) is 12.9. The molecule has 27 heavy (non-hydrogen) atoms. The van der Waals surface area contributed by atoms with E-state index < -0.39 is 24.7 Å². The third kappa shape index (κ3) is 4.11. The van der Waals surface area contributed by atoms with Crippen molar-refractivity contribution in [2.75, 3.05) is 11.4 Å². The van der Waals surface area contributed by atoms with E-state index in [0.29, 0.717) is 27.3 Å². The minimum atomic E-state index is -4.54. The lowest BCUT2D eigenvalue weighted by molar-refractivity contribution is -0.125. The predicted octanol–water partition coefficient (Wildman–Crippen LogP) is 2.92. The highest BCUT2D eigenvalue weighted by Crippen LogP contribution is 2.31.